The highest BCUT2D eigenvalue weighted by atomic mass is 16.4. The molecule has 0 bridgehead atoms. The van der Waals surface area contributed by atoms with Gasteiger partial charge in [-0.15, -0.1) is 0 Å². The van der Waals surface area contributed by atoms with Gasteiger partial charge in [0.1, 0.15) is 0 Å². The van der Waals surface area contributed by atoms with E-state index in [0.29, 0.717) is 26.2 Å². The van der Waals surface area contributed by atoms with E-state index in [1.807, 2.05) is 20.8 Å². The average Bonchev–Trinajstić information content (AvgIpc) is 2.52. The number of carboxylic acid groups (broad SMARTS) is 1. The van der Waals surface area contributed by atoms with E-state index in [-0.39, 0.29) is 22.9 Å². The van der Waals surface area contributed by atoms with Gasteiger partial charge in [0.15, 0.2) is 0 Å². The minimum Gasteiger partial charge on any atom is -0.478 e. The Bertz CT molecular complexity index is 626. The van der Waals surface area contributed by atoms with Crippen LogP contribution in [0.1, 0.15) is 41.5 Å². The number of carbonyl (C=O) groups is 3. The van der Waals surface area contributed by atoms with E-state index in [1.54, 1.807) is 21.9 Å². The summed E-state index contributed by atoms with van der Waals surface area (Å²) in [4.78, 5) is 39.4. The Balaban J connectivity index is 2.08. The highest BCUT2D eigenvalue weighted by molar-refractivity contribution is 6.04. The van der Waals surface area contributed by atoms with Crippen molar-refractivity contribution in [1.29, 1.82) is 0 Å². The predicted octanol–water partition coefficient (Wildman–Crippen LogP) is 1.72. The number of amides is 2. The molecular formula is C17H22N2O4. The molecule has 0 unspecified atom stereocenters. The van der Waals surface area contributed by atoms with E-state index in [1.165, 1.54) is 12.1 Å². The van der Waals surface area contributed by atoms with Gasteiger partial charge in [-0.2, -0.15) is 0 Å². The van der Waals surface area contributed by atoms with Gasteiger partial charge in [0.2, 0.25) is 5.91 Å². The van der Waals surface area contributed by atoms with Crippen molar-refractivity contribution < 1.29 is 19.5 Å². The summed E-state index contributed by atoms with van der Waals surface area (Å²) in [6.07, 6.45) is 0. The first-order valence-electron chi connectivity index (χ1n) is 7.63. The van der Waals surface area contributed by atoms with Crippen LogP contribution < -0.4 is 0 Å². The fraction of sp³-hybridized carbons (Fsp3) is 0.471. The normalized spacial score (nSPS) is 15.4. The second kappa shape index (κ2) is 6.40. The van der Waals surface area contributed by atoms with Gasteiger partial charge in [-0.25, -0.2) is 4.79 Å². The molecule has 1 aliphatic rings. The Hall–Kier alpha value is -2.37. The number of carbonyl (C=O) groups excluding carboxylic acids is 2. The fourth-order valence-electron chi connectivity index (χ4n) is 2.61. The highest BCUT2D eigenvalue weighted by Gasteiger charge is 2.31. The molecule has 0 aliphatic carbocycles. The lowest BCUT2D eigenvalue weighted by Gasteiger charge is -2.37. The maximum atomic E-state index is 12.6. The molecule has 0 spiro atoms. The van der Waals surface area contributed by atoms with Gasteiger partial charge in [0.25, 0.3) is 5.91 Å². The van der Waals surface area contributed by atoms with Crippen molar-refractivity contribution in [2.45, 2.75) is 20.8 Å². The Morgan fingerprint density at radius 3 is 1.87 bits per heavy atom. The van der Waals surface area contributed by atoms with Crippen LogP contribution in [0.4, 0.5) is 0 Å². The third-order valence-electron chi connectivity index (χ3n) is 3.88. The Morgan fingerprint density at radius 1 is 0.913 bits per heavy atom. The van der Waals surface area contributed by atoms with Crippen molar-refractivity contribution in [3.05, 3.63) is 35.4 Å². The van der Waals surface area contributed by atoms with E-state index in [0.717, 1.165) is 0 Å². The van der Waals surface area contributed by atoms with Crippen molar-refractivity contribution in [1.82, 2.24) is 9.80 Å². The summed E-state index contributed by atoms with van der Waals surface area (Å²) >= 11 is 0. The third kappa shape index (κ3) is 3.70. The molecule has 1 aromatic carbocycles. The van der Waals surface area contributed by atoms with Crippen molar-refractivity contribution >= 4 is 17.8 Å². The predicted molar refractivity (Wildman–Crippen MR) is 85.3 cm³/mol. The van der Waals surface area contributed by atoms with Gasteiger partial charge in [-0.05, 0) is 12.1 Å². The highest BCUT2D eigenvalue weighted by Crippen LogP contribution is 2.20. The molecule has 0 saturated carbocycles. The summed E-state index contributed by atoms with van der Waals surface area (Å²) in [7, 11) is 0. The second-order valence-electron chi connectivity index (χ2n) is 6.69. The molecule has 1 aromatic rings. The Morgan fingerprint density at radius 2 is 1.39 bits per heavy atom. The van der Waals surface area contributed by atoms with Crippen LogP contribution in [0.25, 0.3) is 0 Å². The average molecular weight is 318 g/mol. The lowest BCUT2D eigenvalue weighted by Crippen LogP contribution is -2.53. The van der Waals surface area contributed by atoms with Crippen molar-refractivity contribution in [3.63, 3.8) is 0 Å². The molecule has 6 heteroatoms. The minimum absolute atomic E-state index is 0.00528. The van der Waals surface area contributed by atoms with Crippen molar-refractivity contribution in [2.75, 3.05) is 26.2 Å². The molecule has 1 saturated heterocycles. The number of nitrogens with zero attached hydrogens (tertiary/aromatic N) is 2. The molecule has 0 atom stereocenters. The first kappa shape index (κ1) is 17.0. The zero-order valence-electron chi connectivity index (χ0n) is 13.7. The first-order valence-corrected chi connectivity index (χ1v) is 7.63. The maximum Gasteiger partial charge on any atom is 0.336 e. The van der Waals surface area contributed by atoms with Crippen molar-refractivity contribution in [2.24, 2.45) is 5.41 Å². The third-order valence-corrected chi connectivity index (χ3v) is 3.88. The topological polar surface area (TPSA) is 77.9 Å². The van der Waals surface area contributed by atoms with E-state index < -0.39 is 11.4 Å². The summed E-state index contributed by atoms with van der Waals surface area (Å²) in [6, 6.07) is 6.20. The smallest absolute Gasteiger partial charge is 0.336 e. The van der Waals surface area contributed by atoms with Gasteiger partial charge < -0.3 is 14.9 Å². The number of rotatable bonds is 2. The molecule has 0 aromatic heterocycles. The van der Waals surface area contributed by atoms with E-state index in [9.17, 15) is 19.5 Å². The van der Waals surface area contributed by atoms with Gasteiger partial charge >= 0.3 is 5.97 Å². The van der Waals surface area contributed by atoms with Crippen LogP contribution in [0.5, 0.6) is 0 Å². The molecule has 124 valence electrons. The Labute approximate surface area is 135 Å². The lowest BCUT2D eigenvalue weighted by atomic mass is 9.94. The van der Waals surface area contributed by atoms with Crippen LogP contribution in [0, 0.1) is 5.41 Å². The van der Waals surface area contributed by atoms with Crippen LogP contribution in [0.2, 0.25) is 0 Å². The first-order chi connectivity index (χ1) is 10.7. The number of hydrogen-bond donors (Lipinski definition) is 1. The van der Waals surface area contributed by atoms with Crippen LogP contribution >= 0.6 is 0 Å². The second-order valence-corrected chi connectivity index (χ2v) is 6.69. The quantitative estimate of drug-likeness (QED) is 0.900. The number of carboxylic acids is 1. The van der Waals surface area contributed by atoms with Gasteiger partial charge in [-0.1, -0.05) is 32.9 Å². The number of benzene rings is 1. The number of hydrogen-bond acceptors (Lipinski definition) is 3. The SMILES string of the molecule is CC(C)(C)C(=O)N1CCN(C(=O)c2ccccc2C(=O)O)CC1. The zero-order valence-corrected chi connectivity index (χ0v) is 13.7. The van der Waals surface area contributed by atoms with Gasteiger partial charge in [-0.3, -0.25) is 9.59 Å². The molecule has 2 rings (SSSR count). The molecule has 23 heavy (non-hydrogen) atoms. The molecule has 1 heterocycles. The van der Waals surface area contributed by atoms with Crippen LogP contribution in [0.15, 0.2) is 24.3 Å². The molecule has 1 N–H and O–H groups in total. The lowest BCUT2D eigenvalue weighted by molar-refractivity contribution is -0.140. The monoisotopic (exact) mass is 318 g/mol. The van der Waals surface area contributed by atoms with E-state index in [4.69, 9.17) is 0 Å². The van der Waals surface area contributed by atoms with Crippen LogP contribution in [0.3, 0.4) is 0 Å². The standard InChI is InChI=1S/C17H22N2O4/c1-17(2,3)16(23)19-10-8-18(9-11-19)14(20)12-6-4-5-7-13(12)15(21)22/h4-7H,8-11H2,1-3H3,(H,21,22). The fourth-order valence-corrected chi connectivity index (χ4v) is 2.61. The zero-order chi connectivity index (χ0) is 17.2. The van der Waals surface area contributed by atoms with Crippen molar-refractivity contribution in [3.8, 4) is 0 Å². The van der Waals surface area contributed by atoms with E-state index >= 15 is 0 Å². The van der Waals surface area contributed by atoms with Gasteiger partial charge in [0, 0.05) is 31.6 Å². The Kier molecular flexibility index (Phi) is 4.73. The number of piperazine rings is 1. The summed E-state index contributed by atoms with van der Waals surface area (Å²) in [5.41, 5.74) is -0.247. The largest absolute Gasteiger partial charge is 0.478 e. The minimum atomic E-state index is -1.12. The number of aromatic carboxylic acids is 1. The van der Waals surface area contributed by atoms with E-state index in [2.05, 4.69) is 0 Å². The molecule has 1 fully saturated rings. The molecule has 1 aliphatic heterocycles. The molecule has 6 nitrogen and oxygen atoms in total. The summed E-state index contributed by atoms with van der Waals surface area (Å²) in [5, 5.41) is 9.19. The summed E-state index contributed by atoms with van der Waals surface area (Å²) < 4.78 is 0. The van der Waals surface area contributed by atoms with Crippen LogP contribution in [-0.4, -0.2) is 58.9 Å². The maximum absolute atomic E-state index is 12.6. The molecule has 2 amide bonds. The summed E-state index contributed by atoms with van der Waals surface area (Å²) in [6.45, 7) is 7.37. The van der Waals surface area contributed by atoms with Crippen LogP contribution in [-0.2, 0) is 4.79 Å². The summed E-state index contributed by atoms with van der Waals surface area (Å²) in [5.74, 6) is -1.35. The van der Waals surface area contributed by atoms with Gasteiger partial charge in [0.05, 0.1) is 11.1 Å². The molecule has 0 radical (unpaired) electrons. The molecular weight excluding hydrogens is 296 g/mol.